The smallest absolute Gasteiger partial charge is 0.306 e. The molecule has 9 heteroatoms. The lowest BCUT2D eigenvalue weighted by Crippen LogP contribution is -2.59. The van der Waals surface area contributed by atoms with Crippen LogP contribution in [0.2, 0.25) is 0 Å². The first kappa shape index (κ1) is 54.9. The van der Waals surface area contributed by atoms with Crippen LogP contribution >= 0.6 is 0 Å². The van der Waals surface area contributed by atoms with Crippen LogP contribution in [0.1, 0.15) is 187 Å². The molecule has 1 aliphatic heterocycles. The van der Waals surface area contributed by atoms with E-state index in [-0.39, 0.29) is 19.2 Å². The second-order valence-electron chi connectivity index (χ2n) is 16.2. The largest absolute Gasteiger partial charge is 0.457 e. The Labute approximate surface area is 360 Å². The minimum absolute atomic E-state index is 0.124. The van der Waals surface area contributed by atoms with Gasteiger partial charge >= 0.3 is 5.97 Å². The van der Waals surface area contributed by atoms with Gasteiger partial charge in [-0.2, -0.15) is 0 Å². The molecule has 1 rings (SSSR count). The summed E-state index contributed by atoms with van der Waals surface area (Å²) in [5.74, 6) is -0.323. The molecule has 1 heterocycles. The number of hydrogen-bond donors (Lipinski definition) is 4. The van der Waals surface area contributed by atoms with E-state index in [1.807, 2.05) is 0 Å². The maximum absolute atomic E-state index is 12.8. The van der Waals surface area contributed by atoms with E-state index in [4.69, 9.17) is 18.9 Å². The normalized spacial score (nSPS) is 20.7. The minimum atomic E-state index is -1.54. The highest BCUT2D eigenvalue weighted by Gasteiger charge is 2.44. The summed E-state index contributed by atoms with van der Waals surface area (Å²) in [6, 6.07) is 0. The molecule has 0 spiro atoms. The van der Waals surface area contributed by atoms with Gasteiger partial charge in [0.15, 0.2) is 6.29 Å². The van der Waals surface area contributed by atoms with Crippen molar-refractivity contribution >= 4 is 5.97 Å². The second-order valence-corrected chi connectivity index (χ2v) is 16.2. The van der Waals surface area contributed by atoms with Crippen molar-refractivity contribution in [1.29, 1.82) is 0 Å². The SMILES string of the molecule is CC/C=C\C/C=C\C/C=C\C/C=C\C/C=C\CCCCCCOCC(COC1OC(CO)C(O)C(O)C1O)OC(=O)CCCCCCCCCCCCCCCCCC. The molecule has 0 saturated carbocycles. The lowest BCUT2D eigenvalue weighted by Gasteiger charge is -2.39. The Kier molecular flexibility index (Phi) is 38.4. The van der Waals surface area contributed by atoms with Gasteiger partial charge in [0.2, 0.25) is 0 Å². The number of aliphatic hydroxyl groups is 4. The molecular formula is C50H88O9. The third kappa shape index (κ3) is 32.3. The average molecular weight is 833 g/mol. The van der Waals surface area contributed by atoms with Gasteiger partial charge in [0.05, 0.1) is 19.8 Å². The van der Waals surface area contributed by atoms with Gasteiger partial charge in [-0.25, -0.2) is 0 Å². The number of esters is 1. The molecule has 1 aliphatic rings. The van der Waals surface area contributed by atoms with Crippen LogP contribution in [0.15, 0.2) is 60.8 Å². The van der Waals surface area contributed by atoms with Crippen LogP contribution in [0.4, 0.5) is 0 Å². The number of allylic oxidation sites excluding steroid dienone is 10. The highest BCUT2D eigenvalue weighted by molar-refractivity contribution is 5.69. The lowest BCUT2D eigenvalue weighted by molar-refractivity contribution is -0.305. The highest BCUT2D eigenvalue weighted by Crippen LogP contribution is 2.22. The van der Waals surface area contributed by atoms with Crippen LogP contribution in [0.3, 0.4) is 0 Å². The van der Waals surface area contributed by atoms with Crippen molar-refractivity contribution in [3.63, 3.8) is 0 Å². The number of aliphatic hydroxyl groups excluding tert-OH is 4. The third-order valence-corrected chi connectivity index (χ3v) is 10.7. The first-order valence-corrected chi connectivity index (χ1v) is 23.9. The lowest BCUT2D eigenvalue weighted by atomic mass is 9.99. The zero-order valence-corrected chi connectivity index (χ0v) is 37.5. The number of carbonyl (C=O) groups excluding carboxylic acids is 1. The molecule has 6 atom stereocenters. The van der Waals surface area contributed by atoms with Crippen LogP contribution in [0.5, 0.6) is 0 Å². The average Bonchev–Trinajstić information content (AvgIpc) is 3.24. The molecule has 0 amide bonds. The van der Waals surface area contributed by atoms with Crippen molar-refractivity contribution in [2.45, 2.75) is 224 Å². The predicted octanol–water partition coefficient (Wildman–Crippen LogP) is 11.1. The Balaban J connectivity index is 2.27. The summed E-state index contributed by atoms with van der Waals surface area (Å²) in [5.41, 5.74) is 0. The Bertz CT molecular complexity index is 1080. The van der Waals surface area contributed by atoms with Crippen molar-refractivity contribution in [2.75, 3.05) is 26.4 Å². The molecule has 4 N–H and O–H groups in total. The van der Waals surface area contributed by atoms with Gasteiger partial charge in [0.1, 0.15) is 30.5 Å². The van der Waals surface area contributed by atoms with Crippen LogP contribution in [0, 0.1) is 0 Å². The summed E-state index contributed by atoms with van der Waals surface area (Å²) >= 11 is 0. The van der Waals surface area contributed by atoms with Gasteiger partial charge < -0.3 is 39.4 Å². The molecule has 1 saturated heterocycles. The van der Waals surface area contributed by atoms with Crippen LogP contribution < -0.4 is 0 Å². The summed E-state index contributed by atoms with van der Waals surface area (Å²) < 4.78 is 22.8. The highest BCUT2D eigenvalue weighted by atomic mass is 16.7. The Morgan fingerprint density at radius 3 is 1.56 bits per heavy atom. The number of carbonyl (C=O) groups is 1. The Morgan fingerprint density at radius 1 is 0.559 bits per heavy atom. The molecule has 6 unspecified atom stereocenters. The molecule has 0 aromatic carbocycles. The monoisotopic (exact) mass is 833 g/mol. The fraction of sp³-hybridized carbons (Fsp3) is 0.780. The molecule has 0 aromatic rings. The van der Waals surface area contributed by atoms with Gasteiger partial charge in [0.25, 0.3) is 0 Å². The van der Waals surface area contributed by atoms with E-state index in [0.717, 1.165) is 83.5 Å². The zero-order valence-electron chi connectivity index (χ0n) is 37.5. The molecule has 0 aliphatic carbocycles. The predicted molar refractivity (Wildman–Crippen MR) is 242 cm³/mol. The van der Waals surface area contributed by atoms with Crippen molar-refractivity contribution in [1.82, 2.24) is 0 Å². The van der Waals surface area contributed by atoms with Crippen molar-refractivity contribution in [2.24, 2.45) is 0 Å². The van der Waals surface area contributed by atoms with Crippen LogP contribution in [-0.4, -0.2) is 89.6 Å². The quantitative estimate of drug-likeness (QED) is 0.0270. The number of hydrogen-bond acceptors (Lipinski definition) is 9. The summed E-state index contributed by atoms with van der Waals surface area (Å²) in [6.45, 7) is 4.39. The first-order valence-electron chi connectivity index (χ1n) is 23.9. The standard InChI is InChI=1S/C50H88O9/c1-3-5-7-9-11-13-15-17-19-21-22-23-24-26-28-30-32-34-36-38-40-56-42-44(43-57-50-49(55)48(54)47(53)45(41-51)59-50)58-46(52)39-37-35-33-31-29-27-25-20-18-16-14-12-10-8-6-4-2/h5,7,11,13,17,19,22-23,26,28,44-45,47-51,53-55H,3-4,6,8-10,12,14-16,18,20-21,24-25,27,29-43H2,1-2H3/b7-5-,13-11-,19-17-,23-22-,28-26-. The molecule has 342 valence electrons. The topological polar surface area (TPSA) is 135 Å². The summed E-state index contributed by atoms with van der Waals surface area (Å²) in [6.07, 6.45) is 45.3. The fourth-order valence-electron chi connectivity index (χ4n) is 6.99. The summed E-state index contributed by atoms with van der Waals surface area (Å²) in [5, 5.41) is 40.2. The summed E-state index contributed by atoms with van der Waals surface area (Å²) in [7, 11) is 0. The van der Waals surface area contributed by atoms with Crippen molar-refractivity contribution < 1.29 is 44.2 Å². The third-order valence-electron chi connectivity index (χ3n) is 10.7. The number of unbranched alkanes of at least 4 members (excludes halogenated alkanes) is 19. The van der Waals surface area contributed by atoms with Crippen LogP contribution in [0.25, 0.3) is 0 Å². The Morgan fingerprint density at radius 2 is 1.03 bits per heavy atom. The van der Waals surface area contributed by atoms with E-state index in [1.54, 1.807) is 0 Å². The van der Waals surface area contributed by atoms with Gasteiger partial charge in [-0.15, -0.1) is 0 Å². The molecule has 1 fully saturated rings. The first-order chi connectivity index (χ1) is 28.9. The minimum Gasteiger partial charge on any atom is -0.457 e. The van der Waals surface area contributed by atoms with E-state index in [1.165, 1.54) is 83.5 Å². The van der Waals surface area contributed by atoms with Gasteiger partial charge in [-0.3, -0.25) is 4.79 Å². The van der Waals surface area contributed by atoms with E-state index in [9.17, 15) is 25.2 Å². The van der Waals surface area contributed by atoms with Crippen molar-refractivity contribution in [3.05, 3.63) is 60.8 Å². The zero-order chi connectivity index (χ0) is 42.9. The molecule has 0 bridgehead atoms. The molecule has 59 heavy (non-hydrogen) atoms. The van der Waals surface area contributed by atoms with E-state index < -0.39 is 43.4 Å². The fourth-order valence-corrected chi connectivity index (χ4v) is 6.99. The van der Waals surface area contributed by atoms with Crippen molar-refractivity contribution in [3.8, 4) is 0 Å². The maximum Gasteiger partial charge on any atom is 0.306 e. The molecule has 0 radical (unpaired) electrons. The molecule has 0 aromatic heterocycles. The van der Waals surface area contributed by atoms with E-state index in [2.05, 4.69) is 74.6 Å². The maximum atomic E-state index is 12.8. The Hall–Kier alpha value is -2.11. The molecular weight excluding hydrogens is 745 g/mol. The van der Waals surface area contributed by atoms with Gasteiger partial charge in [0, 0.05) is 13.0 Å². The second kappa shape index (κ2) is 41.3. The number of ether oxygens (including phenoxy) is 4. The number of rotatable bonds is 40. The van der Waals surface area contributed by atoms with E-state index in [0.29, 0.717) is 13.0 Å². The van der Waals surface area contributed by atoms with Gasteiger partial charge in [-0.1, -0.05) is 184 Å². The molecule has 9 nitrogen and oxygen atoms in total. The van der Waals surface area contributed by atoms with Gasteiger partial charge in [-0.05, 0) is 57.8 Å². The van der Waals surface area contributed by atoms with Crippen LogP contribution in [-0.2, 0) is 23.7 Å². The summed E-state index contributed by atoms with van der Waals surface area (Å²) in [4.78, 5) is 12.8. The van der Waals surface area contributed by atoms with E-state index >= 15 is 0 Å².